The van der Waals surface area contributed by atoms with E-state index in [1.54, 1.807) is 6.92 Å². The summed E-state index contributed by atoms with van der Waals surface area (Å²) in [5, 5.41) is 8.77. The van der Waals surface area contributed by atoms with E-state index >= 15 is 0 Å². The van der Waals surface area contributed by atoms with Gasteiger partial charge in [0.15, 0.2) is 0 Å². The first-order chi connectivity index (χ1) is 6.70. The number of nitrogens with zero attached hydrogens (tertiary/aromatic N) is 1. The van der Waals surface area contributed by atoms with Crippen molar-refractivity contribution in [3.8, 4) is 0 Å². The fourth-order valence-electron chi connectivity index (χ4n) is 0.962. The molecule has 0 aromatic rings. The molecule has 0 aliphatic carbocycles. The summed E-state index contributed by atoms with van der Waals surface area (Å²) in [5.74, 6) is -1.83. The van der Waals surface area contributed by atoms with Gasteiger partial charge < -0.3 is 15.7 Å². The lowest BCUT2D eigenvalue weighted by molar-refractivity contribution is -0.159. The van der Waals surface area contributed by atoms with E-state index in [-0.39, 0.29) is 19.2 Å². The molecule has 0 rings (SSSR count). The number of hydrogen-bond donors (Lipinski definition) is 2. The van der Waals surface area contributed by atoms with Crippen LogP contribution >= 0.6 is 12.2 Å². The van der Waals surface area contributed by atoms with Gasteiger partial charge in [0.1, 0.15) is 5.92 Å². The summed E-state index contributed by atoms with van der Waals surface area (Å²) in [5.41, 5.74) is 5.04. The Morgan fingerprint density at radius 3 is 2.27 bits per heavy atom. The highest BCUT2D eigenvalue weighted by atomic mass is 32.1. The van der Waals surface area contributed by atoms with Crippen molar-refractivity contribution < 1.29 is 18.3 Å². The van der Waals surface area contributed by atoms with Crippen molar-refractivity contribution in [2.45, 2.75) is 19.1 Å². The maximum absolute atomic E-state index is 12.4. The highest BCUT2D eigenvalue weighted by Gasteiger charge is 2.42. The third-order valence-electron chi connectivity index (χ3n) is 2.23. The number of aliphatic hydroxyl groups is 1. The second kappa shape index (κ2) is 5.62. The number of hydrogen-bond acceptors (Lipinski definition) is 3. The van der Waals surface area contributed by atoms with Crippen LogP contribution in [-0.4, -0.2) is 47.4 Å². The molecule has 3 nitrogen and oxygen atoms in total. The third kappa shape index (κ3) is 4.76. The minimum atomic E-state index is -4.44. The van der Waals surface area contributed by atoms with E-state index in [1.165, 1.54) is 11.9 Å². The Hall–Kier alpha value is -0.400. The Bertz CT molecular complexity index is 222. The van der Waals surface area contributed by atoms with Gasteiger partial charge in [0, 0.05) is 12.6 Å². The molecule has 0 aromatic heterocycles. The lowest BCUT2D eigenvalue weighted by atomic mass is 10.1. The molecule has 0 aliphatic rings. The van der Waals surface area contributed by atoms with E-state index < -0.39 is 17.1 Å². The summed E-state index contributed by atoms with van der Waals surface area (Å²) < 4.78 is 37.3. The molecule has 2 atom stereocenters. The molecule has 0 saturated heterocycles. The number of alkyl halides is 3. The molecule has 0 bridgehead atoms. The number of nitrogens with two attached hydrogens (primary N) is 1. The number of thiocarbonyl (C=S) groups is 1. The monoisotopic (exact) mass is 244 g/mol. The molecule has 0 heterocycles. The van der Waals surface area contributed by atoms with Crippen molar-refractivity contribution in [1.29, 1.82) is 0 Å². The Morgan fingerprint density at radius 1 is 1.53 bits per heavy atom. The van der Waals surface area contributed by atoms with Crippen molar-refractivity contribution in [1.82, 2.24) is 4.90 Å². The summed E-state index contributed by atoms with van der Waals surface area (Å²) >= 11 is 4.37. The van der Waals surface area contributed by atoms with Crippen LogP contribution in [0, 0.1) is 5.92 Å². The molecule has 0 saturated carbocycles. The van der Waals surface area contributed by atoms with E-state index in [4.69, 9.17) is 10.8 Å². The second-order valence-electron chi connectivity index (χ2n) is 3.47. The van der Waals surface area contributed by atoms with Crippen LogP contribution in [-0.2, 0) is 0 Å². The van der Waals surface area contributed by atoms with Crippen LogP contribution in [0.15, 0.2) is 0 Å². The molecular formula is C8H15F3N2OS. The van der Waals surface area contributed by atoms with Gasteiger partial charge in [-0.05, 0) is 14.0 Å². The lowest BCUT2D eigenvalue weighted by Crippen LogP contribution is -2.45. The molecule has 0 radical (unpaired) electrons. The highest BCUT2D eigenvalue weighted by molar-refractivity contribution is 7.80. The molecule has 0 fully saturated rings. The van der Waals surface area contributed by atoms with E-state index in [0.717, 1.165) is 0 Å². The largest absolute Gasteiger partial charge is 0.399 e. The van der Waals surface area contributed by atoms with E-state index in [9.17, 15) is 13.2 Å². The average Bonchev–Trinajstić information content (AvgIpc) is 2.09. The van der Waals surface area contributed by atoms with Crippen LogP contribution in [0.4, 0.5) is 13.2 Å². The van der Waals surface area contributed by atoms with Crippen LogP contribution in [0.25, 0.3) is 0 Å². The van der Waals surface area contributed by atoms with Crippen molar-refractivity contribution >= 4 is 17.2 Å². The minimum absolute atomic E-state index is 0.210. The first kappa shape index (κ1) is 14.6. The number of aliphatic hydroxyl groups excluding tert-OH is 1. The Morgan fingerprint density at radius 2 is 2.00 bits per heavy atom. The quantitative estimate of drug-likeness (QED) is 0.701. The molecule has 2 unspecified atom stereocenters. The van der Waals surface area contributed by atoms with Crippen LogP contribution in [0.2, 0.25) is 0 Å². The molecule has 7 heteroatoms. The SMILES string of the molecule is CC(CO)N(C)CC(C(N)=S)C(F)(F)F. The Balaban J connectivity index is 4.50. The summed E-state index contributed by atoms with van der Waals surface area (Å²) in [6, 6.07) is -0.357. The predicted octanol–water partition coefficient (Wildman–Crippen LogP) is 0.764. The maximum Gasteiger partial charge on any atom is 0.399 e. The molecule has 0 aromatic carbocycles. The van der Waals surface area contributed by atoms with Gasteiger partial charge in [-0.25, -0.2) is 0 Å². The van der Waals surface area contributed by atoms with Gasteiger partial charge in [-0.3, -0.25) is 0 Å². The first-order valence-electron chi connectivity index (χ1n) is 4.37. The molecule has 3 N–H and O–H groups in total. The van der Waals surface area contributed by atoms with Crippen LogP contribution in [0.5, 0.6) is 0 Å². The zero-order valence-corrected chi connectivity index (χ0v) is 9.40. The van der Waals surface area contributed by atoms with Crippen molar-refractivity contribution in [3.63, 3.8) is 0 Å². The van der Waals surface area contributed by atoms with Gasteiger partial charge in [0.25, 0.3) is 0 Å². The highest BCUT2D eigenvalue weighted by Crippen LogP contribution is 2.27. The fraction of sp³-hybridized carbons (Fsp3) is 0.875. The maximum atomic E-state index is 12.4. The van der Waals surface area contributed by atoms with Crippen LogP contribution < -0.4 is 5.73 Å². The first-order valence-corrected chi connectivity index (χ1v) is 4.78. The number of likely N-dealkylation sites (N-methyl/N-ethyl adjacent to an activating group) is 1. The third-order valence-corrected chi connectivity index (χ3v) is 2.51. The van der Waals surface area contributed by atoms with Gasteiger partial charge in [0.05, 0.1) is 11.6 Å². The van der Waals surface area contributed by atoms with E-state index in [2.05, 4.69) is 12.2 Å². The van der Waals surface area contributed by atoms with Crippen LogP contribution in [0.1, 0.15) is 6.92 Å². The average molecular weight is 244 g/mol. The van der Waals surface area contributed by atoms with Gasteiger partial charge in [-0.1, -0.05) is 12.2 Å². The summed E-state index contributed by atoms with van der Waals surface area (Å²) in [4.78, 5) is 0.802. The summed E-state index contributed by atoms with van der Waals surface area (Å²) in [7, 11) is 1.48. The molecule has 0 spiro atoms. The molecule has 0 aliphatic heterocycles. The summed E-state index contributed by atoms with van der Waals surface area (Å²) in [6.07, 6.45) is -4.44. The minimum Gasteiger partial charge on any atom is -0.395 e. The van der Waals surface area contributed by atoms with Gasteiger partial charge >= 0.3 is 6.18 Å². The standard InChI is InChI=1S/C8H15F3N2OS/c1-5(4-14)13(2)3-6(7(12)15)8(9,10)11/h5-6,14H,3-4H2,1-2H3,(H2,12,15). The lowest BCUT2D eigenvalue weighted by Gasteiger charge is -2.28. The molecule has 90 valence electrons. The normalized spacial score (nSPS) is 16.5. The van der Waals surface area contributed by atoms with Gasteiger partial charge in [-0.15, -0.1) is 0 Å². The van der Waals surface area contributed by atoms with Crippen molar-refractivity contribution in [2.75, 3.05) is 20.2 Å². The zero-order valence-electron chi connectivity index (χ0n) is 8.58. The van der Waals surface area contributed by atoms with E-state index in [1.807, 2.05) is 0 Å². The topological polar surface area (TPSA) is 49.5 Å². The fourth-order valence-corrected chi connectivity index (χ4v) is 1.17. The smallest absolute Gasteiger partial charge is 0.395 e. The number of rotatable bonds is 5. The number of halogens is 3. The predicted molar refractivity (Wildman–Crippen MR) is 55.5 cm³/mol. The van der Waals surface area contributed by atoms with Gasteiger partial charge in [-0.2, -0.15) is 13.2 Å². The molecular weight excluding hydrogens is 229 g/mol. The molecule has 15 heavy (non-hydrogen) atoms. The van der Waals surface area contributed by atoms with Gasteiger partial charge in [0.2, 0.25) is 0 Å². The van der Waals surface area contributed by atoms with Crippen LogP contribution in [0.3, 0.4) is 0 Å². The zero-order chi connectivity index (χ0) is 12.2. The Labute approximate surface area is 92.0 Å². The summed E-state index contributed by atoms with van der Waals surface area (Å²) in [6.45, 7) is 1.08. The van der Waals surface area contributed by atoms with Crippen molar-refractivity contribution in [2.24, 2.45) is 11.7 Å². The second-order valence-corrected chi connectivity index (χ2v) is 3.94. The molecule has 0 amide bonds. The van der Waals surface area contributed by atoms with E-state index in [0.29, 0.717) is 0 Å². The Kier molecular flexibility index (Phi) is 5.47. The van der Waals surface area contributed by atoms with Crippen molar-refractivity contribution in [3.05, 3.63) is 0 Å².